The van der Waals surface area contributed by atoms with E-state index >= 15 is 0 Å². The van der Waals surface area contributed by atoms with Crippen LogP contribution in [-0.4, -0.2) is 76.3 Å². The monoisotopic (exact) mass is 327 g/mol. The molecule has 1 aliphatic heterocycles. The number of hydrogen-bond acceptors (Lipinski definition) is 4. The first kappa shape index (κ1) is 19.7. The van der Waals surface area contributed by atoms with E-state index in [1.165, 1.54) is 19.4 Å². The molecule has 1 heterocycles. The molecule has 1 saturated heterocycles. The number of nitrogens with zero attached hydrogens (tertiary/aromatic N) is 2. The number of methoxy groups -OCH3 is 1. The Labute approximate surface area is 140 Å². The van der Waals surface area contributed by atoms with Crippen LogP contribution in [0.2, 0.25) is 0 Å². The highest BCUT2D eigenvalue weighted by Gasteiger charge is 2.19. The summed E-state index contributed by atoms with van der Waals surface area (Å²) < 4.78 is 4.90. The second-order valence-corrected chi connectivity index (χ2v) is 5.88. The molecular formula is C16H33N5O2. The number of hydrogen-bond donors (Lipinski definition) is 3. The Hall–Kier alpha value is -1.34. The highest BCUT2D eigenvalue weighted by molar-refractivity contribution is 5.86. The zero-order valence-corrected chi connectivity index (χ0v) is 14.9. The first-order chi connectivity index (χ1) is 11.2. The third-order valence-electron chi connectivity index (χ3n) is 4.02. The summed E-state index contributed by atoms with van der Waals surface area (Å²) in [4.78, 5) is 18.4. The van der Waals surface area contributed by atoms with Crippen LogP contribution < -0.4 is 16.0 Å². The van der Waals surface area contributed by atoms with Crippen LogP contribution in [0.25, 0.3) is 0 Å². The molecule has 3 N–H and O–H groups in total. The summed E-state index contributed by atoms with van der Waals surface area (Å²) in [5.74, 6) is 0.637. The van der Waals surface area contributed by atoms with Crippen molar-refractivity contribution in [3.05, 3.63) is 0 Å². The molecule has 0 aromatic carbocycles. The van der Waals surface area contributed by atoms with E-state index in [2.05, 4.69) is 32.8 Å². The van der Waals surface area contributed by atoms with E-state index in [0.29, 0.717) is 25.2 Å². The first-order valence-electron chi connectivity index (χ1n) is 8.64. The largest absolute Gasteiger partial charge is 0.383 e. The Morgan fingerprint density at radius 3 is 2.65 bits per heavy atom. The van der Waals surface area contributed by atoms with Crippen molar-refractivity contribution in [2.45, 2.75) is 38.6 Å². The minimum atomic E-state index is -0.0561. The van der Waals surface area contributed by atoms with Crippen LogP contribution in [0.15, 0.2) is 4.99 Å². The van der Waals surface area contributed by atoms with Gasteiger partial charge in [-0.2, -0.15) is 0 Å². The molecule has 7 heteroatoms. The van der Waals surface area contributed by atoms with Gasteiger partial charge in [0.25, 0.3) is 0 Å². The molecule has 0 unspecified atom stereocenters. The molecule has 0 aromatic heterocycles. The summed E-state index contributed by atoms with van der Waals surface area (Å²) in [6.07, 6.45) is 4.76. The predicted molar refractivity (Wildman–Crippen MR) is 93.8 cm³/mol. The van der Waals surface area contributed by atoms with Gasteiger partial charge in [-0.05, 0) is 25.8 Å². The Bertz CT molecular complexity index is 354. The average molecular weight is 327 g/mol. The lowest BCUT2D eigenvalue weighted by atomic mass is 10.0. The fraction of sp³-hybridized carbons (Fsp3) is 0.875. The van der Waals surface area contributed by atoms with Gasteiger partial charge in [0.2, 0.25) is 5.91 Å². The zero-order valence-electron chi connectivity index (χ0n) is 14.9. The van der Waals surface area contributed by atoms with Crippen molar-refractivity contribution < 1.29 is 9.53 Å². The second-order valence-electron chi connectivity index (χ2n) is 5.88. The van der Waals surface area contributed by atoms with Crippen LogP contribution >= 0.6 is 0 Å². The van der Waals surface area contributed by atoms with Gasteiger partial charge >= 0.3 is 0 Å². The standard InChI is InChI=1S/C16H33N5O2/c1-4-5-9-21-10-6-14(7-11-21)20-16(17-2)19-13-15(22)18-8-12-23-3/h14H,4-13H2,1-3H3,(H,18,22)(H2,17,19,20). The molecule has 0 aliphatic carbocycles. The van der Waals surface area contributed by atoms with Gasteiger partial charge < -0.3 is 25.6 Å². The number of nitrogens with one attached hydrogen (secondary N) is 3. The predicted octanol–water partition coefficient (Wildman–Crippen LogP) is 0.179. The molecule has 0 bridgehead atoms. The number of unbranched alkanes of at least 4 members (excludes halogenated alkanes) is 1. The van der Waals surface area contributed by atoms with Crippen LogP contribution in [0.5, 0.6) is 0 Å². The maximum atomic E-state index is 11.7. The van der Waals surface area contributed by atoms with Crippen LogP contribution in [0.1, 0.15) is 32.6 Å². The van der Waals surface area contributed by atoms with E-state index in [9.17, 15) is 4.79 Å². The Balaban J connectivity index is 2.20. The van der Waals surface area contributed by atoms with Crippen LogP contribution in [0, 0.1) is 0 Å². The third-order valence-corrected chi connectivity index (χ3v) is 4.02. The van der Waals surface area contributed by atoms with Gasteiger partial charge in [-0.3, -0.25) is 9.79 Å². The number of piperidine rings is 1. The van der Waals surface area contributed by atoms with Crippen molar-refractivity contribution in [1.82, 2.24) is 20.9 Å². The number of likely N-dealkylation sites (tertiary alicyclic amines) is 1. The number of aliphatic imine (C=N–C) groups is 1. The minimum absolute atomic E-state index is 0.0561. The molecule has 0 atom stereocenters. The Kier molecular flexibility index (Phi) is 10.4. The van der Waals surface area contributed by atoms with Gasteiger partial charge in [0.05, 0.1) is 13.2 Å². The second kappa shape index (κ2) is 12.1. The van der Waals surface area contributed by atoms with E-state index in [1.54, 1.807) is 14.2 Å². The highest BCUT2D eigenvalue weighted by Crippen LogP contribution is 2.10. The third kappa shape index (κ3) is 8.76. The molecule has 7 nitrogen and oxygen atoms in total. The lowest BCUT2D eigenvalue weighted by Gasteiger charge is -2.33. The summed E-state index contributed by atoms with van der Waals surface area (Å²) in [5, 5.41) is 9.25. The molecular weight excluding hydrogens is 294 g/mol. The molecule has 0 radical (unpaired) electrons. The number of guanidine groups is 1. The smallest absolute Gasteiger partial charge is 0.239 e. The van der Waals surface area contributed by atoms with E-state index < -0.39 is 0 Å². The molecule has 1 amide bonds. The Morgan fingerprint density at radius 2 is 2.04 bits per heavy atom. The van der Waals surface area contributed by atoms with Crippen molar-refractivity contribution in [3.63, 3.8) is 0 Å². The van der Waals surface area contributed by atoms with Gasteiger partial charge in [-0.1, -0.05) is 13.3 Å². The topological polar surface area (TPSA) is 78.0 Å². The quantitative estimate of drug-likeness (QED) is 0.320. The fourth-order valence-electron chi connectivity index (χ4n) is 2.59. The number of ether oxygens (including phenoxy) is 1. The normalized spacial score (nSPS) is 17.1. The van der Waals surface area contributed by atoms with Crippen LogP contribution in [0.4, 0.5) is 0 Å². The number of carbonyl (C=O) groups is 1. The van der Waals surface area contributed by atoms with Gasteiger partial charge in [0, 0.05) is 39.8 Å². The van der Waals surface area contributed by atoms with Gasteiger partial charge in [0.1, 0.15) is 0 Å². The van der Waals surface area contributed by atoms with E-state index in [0.717, 1.165) is 25.9 Å². The lowest BCUT2D eigenvalue weighted by Crippen LogP contribution is -2.50. The molecule has 134 valence electrons. The highest BCUT2D eigenvalue weighted by atomic mass is 16.5. The minimum Gasteiger partial charge on any atom is -0.383 e. The van der Waals surface area contributed by atoms with E-state index in [-0.39, 0.29) is 12.5 Å². The molecule has 0 spiro atoms. The van der Waals surface area contributed by atoms with Crippen molar-refractivity contribution in [3.8, 4) is 0 Å². The van der Waals surface area contributed by atoms with Gasteiger partial charge in [-0.25, -0.2) is 0 Å². The number of carbonyl (C=O) groups excluding carboxylic acids is 1. The van der Waals surface area contributed by atoms with Crippen molar-refractivity contribution in [2.24, 2.45) is 4.99 Å². The van der Waals surface area contributed by atoms with E-state index in [4.69, 9.17) is 4.74 Å². The molecule has 0 saturated carbocycles. The summed E-state index contributed by atoms with van der Waals surface area (Å²) in [6.45, 7) is 6.97. The Morgan fingerprint density at radius 1 is 1.30 bits per heavy atom. The van der Waals surface area contributed by atoms with E-state index in [1.807, 2.05) is 0 Å². The first-order valence-corrected chi connectivity index (χ1v) is 8.64. The van der Waals surface area contributed by atoms with Crippen LogP contribution in [0.3, 0.4) is 0 Å². The maximum absolute atomic E-state index is 11.7. The fourth-order valence-corrected chi connectivity index (χ4v) is 2.59. The number of rotatable bonds is 9. The zero-order chi connectivity index (χ0) is 16.9. The van der Waals surface area contributed by atoms with Crippen molar-refractivity contribution in [1.29, 1.82) is 0 Å². The summed E-state index contributed by atoms with van der Waals surface area (Å²) in [6, 6.07) is 0.427. The molecule has 1 rings (SSSR count). The molecule has 1 fully saturated rings. The average Bonchev–Trinajstić information content (AvgIpc) is 2.58. The summed E-state index contributed by atoms with van der Waals surface area (Å²) in [7, 11) is 3.35. The number of amides is 1. The van der Waals surface area contributed by atoms with Crippen molar-refractivity contribution in [2.75, 3.05) is 53.5 Å². The van der Waals surface area contributed by atoms with Gasteiger partial charge in [-0.15, -0.1) is 0 Å². The summed E-state index contributed by atoms with van der Waals surface area (Å²) >= 11 is 0. The van der Waals surface area contributed by atoms with Gasteiger partial charge in [0.15, 0.2) is 5.96 Å². The summed E-state index contributed by atoms with van der Waals surface area (Å²) in [5.41, 5.74) is 0. The molecule has 1 aliphatic rings. The van der Waals surface area contributed by atoms with Crippen molar-refractivity contribution >= 4 is 11.9 Å². The molecule has 23 heavy (non-hydrogen) atoms. The lowest BCUT2D eigenvalue weighted by molar-refractivity contribution is -0.120. The SMILES string of the molecule is CCCCN1CCC(NC(=NC)NCC(=O)NCCOC)CC1. The van der Waals surface area contributed by atoms with Crippen LogP contribution in [-0.2, 0) is 9.53 Å². The maximum Gasteiger partial charge on any atom is 0.239 e. The molecule has 0 aromatic rings.